The highest BCUT2D eigenvalue weighted by Crippen LogP contribution is 2.27. The van der Waals surface area contributed by atoms with Crippen molar-refractivity contribution in [1.29, 1.82) is 0 Å². The van der Waals surface area contributed by atoms with Crippen LogP contribution in [0.2, 0.25) is 0 Å². The van der Waals surface area contributed by atoms with Gasteiger partial charge in [-0.05, 0) is 18.4 Å². The number of benzene rings is 1. The SMILES string of the molecule is CCCc1nc(C(Nc2nn3c(=O)cc(CC)nc3s2)c2ccccc2)no1. The predicted octanol–water partition coefficient (Wildman–Crippen LogP) is 3.25. The largest absolute Gasteiger partial charge is 0.346 e. The lowest BCUT2D eigenvalue weighted by molar-refractivity contribution is 0.371. The average Bonchev–Trinajstić information content (AvgIpc) is 3.34. The summed E-state index contributed by atoms with van der Waals surface area (Å²) in [5.74, 6) is 1.14. The second-order valence-corrected chi connectivity index (χ2v) is 7.28. The van der Waals surface area contributed by atoms with Gasteiger partial charge < -0.3 is 9.84 Å². The summed E-state index contributed by atoms with van der Waals surface area (Å²) >= 11 is 1.32. The first-order chi connectivity index (χ1) is 13.7. The number of fused-ring (bicyclic) bond motifs is 1. The number of anilines is 1. The molecule has 0 saturated carbocycles. The van der Waals surface area contributed by atoms with E-state index < -0.39 is 0 Å². The molecule has 0 aliphatic carbocycles. The molecule has 9 heteroatoms. The van der Waals surface area contributed by atoms with Gasteiger partial charge in [-0.2, -0.15) is 9.50 Å². The summed E-state index contributed by atoms with van der Waals surface area (Å²) in [6.45, 7) is 4.03. The van der Waals surface area contributed by atoms with E-state index in [1.54, 1.807) is 0 Å². The summed E-state index contributed by atoms with van der Waals surface area (Å²) in [7, 11) is 0. The maximum absolute atomic E-state index is 12.3. The maximum atomic E-state index is 12.3. The van der Waals surface area contributed by atoms with Crippen LogP contribution in [0, 0.1) is 0 Å². The van der Waals surface area contributed by atoms with Crippen molar-refractivity contribution in [2.45, 2.75) is 39.2 Å². The van der Waals surface area contributed by atoms with Crippen molar-refractivity contribution < 1.29 is 4.52 Å². The highest BCUT2D eigenvalue weighted by molar-refractivity contribution is 7.20. The molecule has 0 bridgehead atoms. The van der Waals surface area contributed by atoms with Gasteiger partial charge in [0.05, 0.1) is 0 Å². The Morgan fingerprint density at radius 3 is 2.79 bits per heavy atom. The Kier molecular flexibility index (Phi) is 5.16. The second kappa shape index (κ2) is 7.89. The normalized spacial score (nSPS) is 12.4. The number of aryl methyl sites for hydroxylation is 2. The quantitative estimate of drug-likeness (QED) is 0.512. The van der Waals surface area contributed by atoms with Gasteiger partial charge in [0, 0.05) is 18.2 Å². The van der Waals surface area contributed by atoms with Gasteiger partial charge in [0.15, 0.2) is 5.82 Å². The van der Waals surface area contributed by atoms with Crippen LogP contribution in [0.4, 0.5) is 5.13 Å². The Labute approximate surface area is 165 Å². The molecule has 28 heavy (non-hydrogen) atoms. The molecule has 3 aromatic heterocycles. The summed E-state index contributed by atoms with van der Waals surface area (Å²) in [4.78, 5) is 21.8. The topological polar surface area (TPSA) is 98.2 Å². The molecule has 0 fully saturated rings. The summed E-state index contributed by atoms with van der Waals surface area (Å²) in [5.41, 5.74) is 1.54. The molecule has 144 valence electrons. The van der Waals surface area contributed by atoms with Crippen LogP contribution in [-0.4, -0.2) is 24.7 Å². The lowest BCUT2D eigenvalue weighted by Gasteiger charge is -2.14. The minimum Gasteiger partial charge on any atom is -0.346 e. The van der Waals surface area contributed by atoms with Gasteiger partial charge in [-0.3, -0.25) is 4.79 Å². The van der Waals surface area contributed by atoms with Crippen LogP contribution in [0.15, 0.2) is 45.7 Å². The van der Waals surface area contributed by atoms with E-state index in [-0.39, 0.29) is 11.6 Å². The van der Waals surface area contributed by atoms with Crippen molar-refractivity contribution in [1.82, 2.24) is 24.7 Å². The Bertz CT molecular complexity index is 1130. The van der Waals surface area contributed by atoms with Crippen LogP contribution in [0.3, 0.4) is 0 Å². The first-order valence-electron chi connectivity index (χ1n) is 9.21. The van der Waals surface area contributed by atoms with Crippen LogP contribution in [0.25, 0.3) is 4.96 Å². The van der Waals surface area contributed by atoms with Crippen LogP contribution in [-0.2, 0) is 12.8 Å². The van der Waals surface area contributed by atoms with Crippen molar-refractivity contribution >= 4 is 21.4 Å². The van der Waals surface area contributed by atoms with Crippen molar-refractivity contribution in [2.75, 3.05) is 5.32 Å². The first kappa shape index (κ1) is 18.3. The monoisotopic (exact) mass is 396 g/mol. The van der Waals surface area contributed by atoms with E-state index in [0.29, 0.717) is 28.2 Å². The van der Waals surface area contributed by atoms with Crippen molar-refractivity contribution in [3.05, 3.63) is 69.7 Å². The van der Waals surface area contributed by atoms with E-state index in [1.165, 1.54) is 21.9 Å². The van der Waals surface area contributed by atoms with E-state index >= 15 is 0 Å². The van der Waals surface area contributed by atoms with Gasteiger partial charge in [0.2, 0.25) is 16.0 Å². The Balaban J connectivity index is 1.72. The number of nitrogens with zero attached hydrogens (tertiary/aromatic N) is 5. The fourth-order valence-corrected chi connectivity index (χ4v) is 3.71. The van der Waals surface area contributed by atoms with Gasteiger partial charge in [-0.25, -0.2) is 4.98 Å². The van der Waals surface area contributed by atoms with Crippen molar-refractivity contribution in [3.63, 3.8) is 0 Å². The molecule has 4 aromatic rings. The number of aromatic nitrogens is 5. The van der Waals surface area contributed by atoms with E-state index in [2.05, 4.69) is 32.5 Å². The molecule has 0 radical (unpaired) electrons. The standard InChI is InChI=1S/C19H20N6O2S/c1-3-8-14-21-17(24-27-14)16(12-9-6-5-7-10-12)22-18-23-25-15(26)11-13(4-2)20-19(25)28-18/h5-7,9-11,16H,3-4,8H2,1-2H3,(H,22,23). The molecule has 0 saturated heterocycles. The number of hydrogen-bond acceptors (Lipinski definition) is 8. The Hall–Kier alpha value is -3.07. The molecule has 4 rings (SSSR count). The molecule has 0 aliphatic rings. The number of nitrogens with one attached hydrogen (secondary N) is 1. The lowest BCUT2D eigenvalue weighted by atomic mass is 10.1. The van der Waals surface area contributed by atoms with Crippen molar-refractivity contribution in [3.8, 4) is 0 Å². The molecule has 0 aliphatic heterocycles. The van der Waals surface area contributed by atoms with Crippen LogP contribution < -0.4 is 10.9 Å². The number of hydrogen-bond donors (Lipinski definition) is 1. The van der Waals surface area contributed by atoms with Crippen molar-refractivity contribution in [2.24, 2.45) is 0 Å². The second-order valence-electron chi connectivity index (χ2n) is 6.33. The van der Waals surface area contributed by atoms with Crippen LogP contribution >= 0.6 is 11.3 Å². The van der Waals surface area contributed by atoms with Gasteiger partial charge in [-0.15, -0.1) is 5.10 Å². The lowest BCUT2D eigenvalue weighted by Crippen LogP contribution is -2.17. The van der Waals surface area contributed by atoms with E-state index in [1.807, 2.05) is 37.3 Å². The zero-order valence-corrected chi connectivity index (χ0v) is 16.4. The van der Waals surface area contributed by atoms with Gasteiger partial charge in [0.1, 0.15) is 6.04 Å². The van der Waals surface area contributed by atoms with E-state index in [9.17, 15) is 4.79 Å². The molecule has 1 N–H and O–H groups in total. The van der Waals surface area contributed by atoms with E-state index in [0.717, 1.165) is 24.1 Å². The fourth-order valence-electron chi connectivity index (χ4n) is 2.86. The van der Waals surface area contributed by atoms with Crippen LogP contribution in [0.1, 0.15) is 49.3 Å². The molecule has 1 atom stereocenters. The fraction of sp³-hybridized carbons (Fsp3) is 0.316. The summed E-state index contributed by atoms with van der Waals surface area (Å²) in [6, 6.07) is 11.0. The zero-order chi connectivity index (χ0) is 19.5. The number of rotatable bonds is 7. The smallest absolute Gasteiger partial charge is 0.275 e. The van der Waals surface area contributed by atoms with Gasteiger partial charge in [0.25, 0.3) is 5.56 Å². The molecule has 1 unspecified atom stereocenters. The molecule has 1 aromatic carbocycles. The molecule has 0 spiro atoms. The summed E-state index contributed by atoms with van der Waals surface area (Å²) in [5, 5.41) is 12.4. The van der Waals surface area contributed by atoms with E-state index in [4.69, 9.17) is 4.52 Å². The van der Waals surface area contributed by atoms with Gasteiger partial charge in [-0.1, -0.05) is 60.7 Å². The molecule has 3 heterocycles. The Morgan fingerprint density at radius 2 is 2.04 bits per heavy atom. The third-order valence-corrected chi connectivity index (χ3v) is 5.11. The maximum Gasteiger partial charge on any atom is 0.275 e. The average molecular weight is 396 g/mol. The predicted molar refractivity (Wildman–Crippen MR) is 107 cm³/mol. The summed E-state index contributed by atoms with van der Waals surface area (Å²) < 4.78 is 6.68. The summed E-state index contributed by atoms with van der Waals surface area (Å²) in [6.07, 6.45) is 2.36. The minimum absolute atomic E-state index is 0.188. The third-order valence-electron chi connectivity index (χ3n) is 4.27. The Morgan fingerprint density at radius 1 is 1.21 bits per heavy atom. The molecular formula is C19H20N6O2S. The van der Waals surface area contributed by atoms with Gasteiger partial charge >= 0.3 is 0 Å². The molecule has 8 nitrogen and oxygen atoms in total. The zero-order valence-electron chi connectivity index (χ0n) is 15.6. The third kappa shape index (κ3) is 3.65. The highest BCUT2D eigenvalue weighted by atomic mass is 32.1. The highest BCUT2D eigenvalue weighted by Gasteiger charge is 2.22. The van der Waals surface area contributed by atoms with Crippen LogP contribution in [0.5, 0.6) is 0 Å². The molecular weight excluding hydrogens is 376 g/mol. The minimum atomic E-state index is -0.350. The first-order valence-corrected chi connectivity index (χ1v) is 10.0. The molecule has 0 amide bonds.